The summed E-state index contributed by atoms with van der Waals surface area (Å²) < 4.78 is 1.87. The molecule has 0 saturated carbocycles. The molecule has 3 heterocycles. The van der Waals surface area contributed by atoms with Gasteiger partial charge < -0.3 is 5.32 Å². The van der Waals surface area contributed by atoms with Gasteiger partial charge >= 0.3 is 0 Å². The first-order chi connectivity index (χ1) is 14.2. The van der Waals surface area contributed by atoms with E-state index < -0.39 is 0 Å². The molecule has 154 valence electrons. The summed E-state index contributed by atoms with van der Waals surface area (Å²) in [5, 5.41) is 8.71. The number of hydrogen-bond donors (Lipinski definition) is 1. The number of hydrogen-bond acceptors (Lipinski definition) is 4. The van der Waals surface area contributed by atoms with Crippen molar-refractivity contribution in [2.75, 3.05) is 5.32 Å². The minimum atomic E-state index is -0.000359. The van der Waals surface area contributed by atoms with E-state index >= 15 is 0 Å². The van der Waals surface area contributed by atoms with Gasteiger partial charge in [-0.05, 0) is 76.8 Å². The number of pyridine rings is 1. The van der Waals surface area contributed by atoms with Gasteiger partial charge in [-0.2, -0.15) is 0 Å². The highest BCUT2D eigenvalue weighted by Gasteiger charge is 2.17. The summed E-state index contributed by atoms with van der Waals surface area (Å²) in [4.78, 5) is 22.0. The first-order valence-corrected chi connectivity index (χ1v) is 10.2. The van der Waals surface area contributed by atoms with E-state index in [1.54, 1.807) is 0 Å². The van der Waals surface area contributed by atoms with Crippen LogP contribution in [0.1, 0.15) is 45.8 Å². The second kappa shape index (κ2) is 7.52. The molecule has 0 bridgehead atoms. The molecule has 0 unspecified atom stereocenters. The van der Waals surface area contributed by atoms with Crippen LogP contribution in [0.4, 0.5) is 5.69 Å². The molecule has 0 saturated heterocycles. The van der Waals surface area contributed by atoms with Gasteiger partial charge in [0.05, 0.1) is 5.39 Å². The lowest BCUT2D eigenvalue weighted by Gasteiger charge is -2.12. The molecule has 6 heteroatoms. The zero-order valence-electron chi connectivity index (χ0n) is 18.4. The highest BCUT2D eigenvalue weighted by atomic mass is 16.1. The minimum Gasteiger partial charge on any atom is -0.326 e. The summed E-state index contributed by atoms with van der Waals surface area (Å²) >= 11 is 0. The Morgan fingerprint density at radius 2 is 1.77 bits per heavy atom. The Bertz CT molecular complexity index is 1300. The van der Waals surface area contributed by atoms with Crippen LogP contribution in [0.15, 0.2) is 24.3 Å². The number of fused-ring (bicyclic) bond motifs is 3. The van der Waals surface area contributed by atoms with Gasteiger partial charge in [-0.15, -0.1) is 5.10 Å². The molecule has 0 radical (unpaired) electrons. The fourth-order valence-corrected chi connectivity index (χ4v) is 4.13. The topological polar surface area (TPSA) is 72.2 Å². The summed E-state index contributed by atoms with van der Waals surface area (Å²) in [6.45, 7) is 12.1. The van der Waals surface area contributed by atoms with Crippen LogP contribution in [0.3, 0.4) is 0 Å². The van der Waals surface area contributed by atoms with Crippen LogP contribution in [-0.2, 0) is 11.2 Å². The molecule has 1 N–H and O–H groups in total. The largest absolute Gasteiger partial charge is 0.326 e. The van der Waals surface area contributed by atoms with Gasteiger partial charge in [-0.25, -0.2) is 14.5 Å². The number of amides is 1. The predicted molar refractivity (Wildman–Crippen MR) is 120 cm³/mol. The zero-order valence-corrected chi connectivity index (χ0v) is 18.4. The van der Waals surface area contributed by atoms with Crippen LogP contribution in [0, 0.1) is 41.5 Å². The molecule has 1 amide bonds. The number of carbonyl (C=O) groups is 1. The fourth-order valence-electron chi connectivity index (χ4n) is 4.13. The maximum Gasteiger partial charge on any atom is 0.224 e. The Balaban J connectivity index is 1.62. The van der Waals surface area contributed by atoms with Crippen molar-refractivity contribution in [3.63, 3.8) is 0 Å². The monoisotopic (exact) mass is 401 g/mol. The second-order valence-electron chi connectivity index (χ2n) is 8.14. The standard InChI is InChI=1S/C24H27N5O/c1-13-7-9-20(14(2)11-13)27-21(30)10-8-19-17(5)26-24-22-15(3)12-16(4)25-23(22)28-29(24)18(19)6/h7,9,11-12H,8,10H2,1-6H3,(H,27,30). The molecule has 0 aliphatic carbocycles. The zero-order chi connectivity index (χ0) is 21.6. The minimum absolute atomic E-state index is 0.000359. The SMILES string of the molecule is Cc1ccc(NC(=O)CCc2c(C)nc3c4c(C)cc(C)nc4nn3c2C)c(C)c1. The van der Waals surface area contributed by atoms with Crippen LogP contribution in [0.25, 0.3) is 16.7 Å². The lowest BCUT2D eigenvalue weighted by atomic mass is 10.1. The van der Waals surface area contributed by atoms with E-state index in [1.807, 2.05) is 51.3 Å². The molecule has 1 aromatic carbocycles. The van der Waals surface area contributed by atoms with E-state index in [2.05, 4.69) is 29.4 Å². The number of carbonyl (C=O) groups excluding carboxylic acids is 1. The maximum atomic E-state index is 12.6. The van der Waals surface area contributed by atoms with E-state index in [9.17, 15) is 4.79 Å². The lowest BCUT2D eigenvalue weighted by Crippen LogP contribution is -2.15. The van der Waals surface area contributed by atoms with Gasteiger partial charge in [0.25, 0.3) is 0 Å². The highest BCUT2D eigenvalue weighted by Crippen LogP contribution is 2.25. The lowest BCUT2D eigenvalue weighted by molar-refractivity contribution is -0.116. The number of rotatable bonds is 4. The van der Waals surface area contributed by atoms with Crippen molar-refractivity contribution in [3.05, 3.63) is 63.6 Å². The summed E-state index contributed by atoms with van der Waals surface area (Å²) in [6, 6.07) is 8.09. The van der Waals surface area contributed by atoms with Gasteiger partial charge in [-0.3, -0.25) is 4.79 Å². The molecule has 3 aromatic heterocycles. The second-order valence-corrected chi connectivity index (χ2v) is 8.14. The van der Waals surface area contributed by atoms with Gasteiger partial charge in [0.2, 0.25) is 5.91 Å². The molecule has 6 nitrogen and oxygen atoms in total. The molecule has 0 spiro atoms. The van der Waals surface area contributed by atoms with Crippen molar-refractivity contribution in [1.82, 2.24) is 19.6 Å². The van der Waals surface area contributed by atoms with Crippen LogP contribution in [0.2, 0.25) is 0 Å². The fraction of sp³-hybridized carbons (Fsp3) is 0.333. The number of anilines is 1. The van der Waals surface area contributed by atoms with Crippen LogP contribution in [-0.4, -0.2) is 25.5 Å². The van der Waals surface area contributed by atoms with Crippen LogP contribution < -0.4 is 5.32 Å². The van der Waals surface area contributed by atoms with Crippen molar-refractivity contribution >= 4 is 28.3 Å². The van der Waals surface area contributed by atoms with Crippen molar-refractivity contribution < 1.29 is 4.79 Å². The number of aryl methyl sites for hydroxylation is 6. The van der Waals surface area contributed by atoms with Crippen LogP contribution >= 0.6 is 0 Å². The molecule has 0 fully saturated rings. The Morgan fingerprint density at radius 3 is 2.50 bits per heavy atom. The van der Waals surface area contributed by atoms with E-state index in [1.165, 1.54) is 5.56 Å². The van der Waals surface area contributed by atoms with E-state index in [-0.39, 0.29) is 5.91 Å². The first-order valence-electron chi connectivity index (χ1n) is 10.2. The highest BCUT2D eigenvalue weighted by molar-refractivity contribution is 5.93. The molecule has 0 aliphatic heterocycles. The third-order valence-corrected chi connectivity index (χ3v) is 5.67. The van der Waals surface area contributed by atoms with Gasteiger partial charge in [0.1, 0.15) is 0 Å². The summed E-state index contributed by atoms with van der Waals surface area (Å²) in [5.41, 5.74) is 9.72. The Hall–Kier alpha value is -3.28. The Morgan fingerprint density at radius 1 is 1.00 bits per heavy atom. The number of nitrogens with one attached hydrogen (secondary N) is 1. The third kappa shape index (κ3) is 3.54. The summed E-state index contributed by atoms with van der Waals surface area (Å²) in [6.07, 6.45) is 0.998. The average Bonchev–Trinajstić information content (AvgIpc) is 3.02. The summed E-state index contributed by atoms with van der Waals surface area (Å²) in [7, 11) is 0. The molecule has 30 heavy (non-hydrogen) atoms. The number of aromatic nitrogens is 4. The maximum absolute atomic E-state index is 12.6. The number of nitrogens with zero attached hydrogens (tertiary/aromatic N) is 4. The van der Waals surface area contributed by atoms with Crippen molar-refractivity contribution in [2.24, 2.45) is 0 Å². The normalized spacial score (nSPS) is 11.4. The van der Waals surface area contributed by atoms with Crippen molar-refractivity contribution in [2.45, 2.75) is 54.4 Å². The van der Waals surface area contributed by atoms with Gasteiger partial charge in [0.15, 0.2) is 11.3 Å². The molecule has 0 atom stereocenters. The van der Waals surface area contributed by atoms with Crippen molar-refractivity contribution in [1.29, 1.82) is 0 Å². The molecule has 4 rings (SSSR count). The van der Waals surface area contributed by atoms with Crippen molar-refractivity contribution in [3.8, 4) is 0 Å². The predicted octanol–water partition coefficient (Wildman–Crippen LogP) is 4.70. The van der Waals surface area contributed by atoms with E-state index in [4.69, 9.17) is 10.1 Å². The quantitative estimate of drug-likeness (QED) is 0.538. The smallest absolute Gasteiger partial charge is 0.224 e. The molecular formula is C24H27N5O. The number of benzene rings is 1. The Labute approximate surface area is 176 Å². The molecular weight excluding hydrogens is 374 g/mol. The first kappa shape index (κ1) is 20.0. The average molecular weight is 402 g/mol. The van der Waals surface area contributed by atoms with Crippen LogP contribution in [0.5, 0.6) is 0 Å². The van der Waals surface area contributed by atoms with Gasteiger partial charge in [0, 0.05) is 29.2 Å². The molecule has 4 aromatic rings. The van der Waals surface area contributed by atoms with E-state index in [0.717, 1.165) is 50.5 Å². The molecule has 0 aliphatic rings. The summed E-state index contributed by atoms with van der Waals surface area (Å²) in [5.74, 6) is -0.000359. The Kier molecular flexibility index (Phi) is 5.02. The van der Waals surface area contributed by atoms with E-state index in [0.29, 0.717) is 18.5 Å². The third-order valence-electron chi connectivity index (χ3n) is 5.67. The van der Waals surface area contributed by atoms with Gasteiger partial charge in [-0.1, -0.05) is 17.7 Å².